The number of Topliss-reactive ketones (excluding diaryl/α,β-unsaturated/α-hetero) is 1. The molecule has 0 saturated heterocycles. The zero-order valence-corrected chi connectivity index (χ0v) is 33.0. The van der Waals surface area contributed by atoms with Crippen molar-refractivity contribution < 1.29 is 66.4 Å². The van der Waals surface area contributed by atoms with Crippen LogP contribution in [0.2, 0.25) is 0 Å². The highest BCUT2D eigenvalue weighted by atomic mass is 16.6. The molecule has 0 aliphatic carbocycles. The maximum Gasteiger partial charge on any atom is 0.207 e. The maximum absolute atomic E-state index is 12.2. The molecule has 0 saturated carbocycles. The Balaban J connectivity index is 3.22. The molecular weight excluding hydrogens is 698 g/mol. The van der Waals surface area contributed by atoms with Crippen molar-refractivity contribution in [2.45, 2.75) is 38.1 Å². The third kappa shape index (κ3) is 37.3. The van der Waals surface area contributed by atoms with Crippen LogP contribution in [0.3, 0.4) is 0 Å². The van der Waals surface area contributed by atoms with Gasteiger partial charge in [-0.2, -0.15) is 0 Å². The lowest BCUT2D eigenvalue weighted by Gasteiger charge is -2.31. The van der Waals surface area contributed by atoms with E-state index in [4.69, 9.17) is 56.8 Å². The summed E-state index contributed by atoms with van der Waals surface area (Å²) in [5.74, 6) is 0.0771. The van der Waals surface area contributed by atoms with E-state index in [-0.39, 0.29) is 5.78 Å². The third-order valence-corrected chi connectivity index (χ3v) is 7.66. The predicted molar refractivity (Wildman–Crippen MR) is 199 cm³/mol. The summed E-state index contributed by atoms with van der Waals surface area (Å²) >= 11 is 0. The summed E-state index contributed by atoms with van der Waals surface area (Å²) in [5, 5.41) is 8.79. The zero-order valence-electron chi connectivity index (χ0n) is 33.0. The number of nitrogens with one attached hydrogen (secondary N) is 3. The van der Waals surface area contributed by atoms with Crippen LogP contribution in [-0.4, -0.2) is 203 Å². The molecule has 17 heteroatoms. The van der Waals surface area contributed by atoms with E-state index in [0.29, 0.717) is 184 Å². The molecule has 0 bridgehead atoms. The van der Waals surface area contributed by atoms with E-state index in [9.17, 15) is 9.59 Å². The molecule has 0 heterocycles. The first-order chi connectivity index (χ1) is 26.1. The highest BCUT2D eigenvalue weighted by molar-refractivity contribution is 5.86. The van der Waals surface area contributed by atoms with Gasteiger partial charge in [-0.15, -0.1) is 0 Å². The summed E-state index contributed by atoms with van der Waals surface area (Å²) < 4.78 is 65.8. The summed E-state index contributed by atoms with van der Waals surface area (Å²) in [6.45, 7) is 15.4. The summed E-state index contributed by atoms with van der Waals surface area (Å²) in [6, 6.07) is 0. The highest BCUT2D eigenvalue weighted by Gasteiger charge is 2.32. The molecule has 0 aliphatic rings. The number of ether oxygens (including phenoxy) is 12. The van der Waals surface area contributed by atoms with Gasteiger partial charge >= 0.3 is 0 Å². The van der Waals surface area contributed by atoms with Crippen LogP contribution >= 0.6 is 0 Å². The third-order valence-electron chi connectivity index (χ3n) is 7.66. The standard InChI is InChI=1S/C36H73N3O14/c1-35(41)36(38-3,7-8-39-34-40)6-4-5-10-42-12-14-44-16-18-46-20-22-48-24-26-50-28-30-52-32-33-53-31-29-51-27-25-49-23-21-47-19-17-45-15-13-43-11-9-37-2/h34,37-38H,4-33H2,1-3H3,(H,39,40). The fourth-order valence-corrected chi connectivity index (χ4v) is 4.57. The van der Waals surface area contributed by atoms with Crippen LogP contribution in [0.5, 0.6) is 0 Å². The number of hydrogen-bond acceptors (Lipinski definition) is 16. The van der Waals surface area contributed by atoms with Crippen molar-refractivity contribution >= 4 is 12.2 Å². The molecule has 53 heavy (non-hydrogen) atoms. The fraction of sp³-hybridized carbons (Fsp3) is 0.944. The van der Waals surface area contributed by atoms with Gasteiger partial charge in [0.1, 0.15) is 5.78 Å². The van der Waals surface area contributed by atoms with Crippen LogP contribution in [0.25, 0.3) is 0 Å². The Morgan fingerprint density at radius 1 is 0.434 bits per heavy atom. The number of rotatable bonds is 47. The van der Waals surface area contributed by atoms with Gasteiger partial charge in [0.25, 0.3) is 0 Å². The number of carbonyl (C=O) groups is 2. The van der Waals surface area contributed by atoms with Crippen LogP contribution in [0.1, 0.15) is 32.6 Å². The summed E-state index contributed by atoms with van der Waals surface area (Å²) in [4.78, 5) is 22.7. The molecule has 1 unspecified atom stereocenters. The Morgan fingerprint density at radius 2 is 0.736 bits per heavy atom. The number of hydrogen-bond donors (Lipinski definition) is 3. The van der Waals surface area contributed by atoms with Gasteiger partial charge in [0.05, 0.1) is 157 Å². The van der Waals surface area contributed by atoms with Crippen LogP contribution in [0.4, 0.5) is 0 Å². The lowest BCUT2D eigenvalue weighted by molar-refractivity contribution is -0.124. The number of amides is 1. The van der Waals surface area contributed by atoms with Gasteiger partial charge in [-0.05, 0) is 46.7 Å². The van der Waals surface area contributed by atoms with E-state index >= 15 is 0 Å². The molecule has 0 radical (unpaired) electrons. The van der Waals surface area contributed by atoms with Gasteiger partial charge in [0.2, 0.25) is 6.41 Å². The molecule has 1 amide bonds. The summed E-state index contributed by atoms with van der Waals surface area (Å²) in [7, 11) is 3.68. The monoisotopic (exact) mass is 772 g/mol. The zero-order chi connectivity index (χ0) is 38.6. The average molecular weight is 772 g/mol. The molecule has 17 nitrogen and oxygen atoms in total. The summed E-state index contributed by atoms with van der Waals surface area (Å²) in [6.07, 6.45) is 3.60. The molecule has 0 aromatic rings. The molecule has 0 aromatic heterocycles. The van der Waals surface area contributed by atoms with E-state index in [0.717, 1.165) is 19.4 Å². The molecule has 0 fully saturated rings. The van der Waals surface area contributed by atoms with Gasteiger partial charge in [0, 0.05) is 19.7 Å². The Bertz CT molecular complexity index is 762. The normalized spacial score (nSPS) is 12.7. The van der Waals surface area contributed by atoms with E-state index in [1.807, 2.05) is 7.05 Å². The van der Waals surface area contributed by atoms with E-state index < -0.39 is 5.54 Å². The van der Waals surface area contributed by atoms with Crippen molar-refractivity contribution in [2.75, 3.05) is 186 Å². The lowest BCUT2D eigenvalue weighted by atomic mass is 9.85. The Kier molecular flexibility index (Phi) is 42.1. The largest absolute Gasteiger partial charge is 0.379 e. The van der Waals surface area contributed by atoms with Gasteiger partial charge in [-0.1, -0.05) is 0 Å². The first-order valence-electron chi connectivity index (χ1n) is 19.1. The molecule has 0 aromatic carbocycles. The van der Waals surface area contributed by atoms with Gasteiger partial charge in [-0.3, -0.25) is 9.59 Å². The Hall–Kier alpha value is -1.42. The van der Waals surface area contributed by atoms with Crippen molar-refractivity contribution in [1.29, 1.82) is 0 Å². The van der Waals surface area contributed by atoms with Gasteiger partial charge in [0.15, 0.2) is 0 Å². The molecule has 0 rings (SSSR count). The number of carbonyl (C=O) groups excluding carboxylic acids is 2. The minimum atomic E-state index is -0.614. The fourth-order valence-electron chi connectivity index (χ4n) is 4.57. The van der Waals surface area contributed by atoms with Crippen LogP contribution in [0.15, 0.2) is 0 Å². The Morgan fingerprint density at radius 3 is 1.00 bits per heavy atom. The molecule has 1 atom stereocenters. The second-order valence-electron chi connectivity index (χ2n) is 11.6. The van der Waals surface area contributed by atoms with Gasteiger partial charge < -0.3 is 72.8 Å². The quantitative estimate of drug-likeness (QED) is 0.0566. The molecule has 0 spiro atoms. The van der Waals surface area contributed by atoms with Crippen LogP contribution < -0.4 is 16.0 Å². The van der Waals surface area contributed by atoms with E-state index in [2.05, 4.69) is 16.0 Å². The molecular formula is C36H73N3O14. The minimum absolute atomic E-state index is 0.0771. The lowest BCUT2D eigenvalue weighted by Crippen LogP contribution is -2.51. The molecule has 3 N–H and O–H groups in total. The highest BCUT2D eigenvalue weighted by Crippen LogP contribution is 2.19. The van der Waals surface area contributed by atoms with Crippen molar-refractivity contribution in [3.05, 3.63) is 0 Å². The smallest absolute Gasteiger partial charge is 0.207 e. The number of likely N-dealkylation sites (N-methyl/N-ethyl adjacent to an activating group) is 2. The van der Waals surface area contributed by atoms with Gasteiger partial charge in [-0.25, -0.2) is 0 Å². The van der Waals surface area contributed by atoms with Crippen molar-refractivity contribution in [3.8, 4) is 0 Å². The SMILES string of the molecule is CNCCOCCOCCOCCOCCOCCOCCOCCOCCOCCOCCOCCOCCCCC(CCNC=O)(NC)C(C)=O. The van der Waals surface area contributed by atoms with Crippen LogP contribution in [-0.2, 0) is 66.4 Å². The topological polar surface area (TPSA) is 181 Å². The molecule has 316 valence electrons. The summed E-state index contributed by atoms with van der Waals surface area (Å²) in [5.41, 5.74) is -0.614. The van der Waals surface area contributed by atoms with Crippen LogP contribution in [0, 0.1) is 0 Å². The second kappa shape index (κ2) is 43.3. The van der Waals surface area contributed by atoms with Crippen molar-refractivity contribution in [2.24, 2.45) is 0 Å². The average Bonchev–Trinajstić information content (AvgIpc) is 3.16. The van der Waals surface area contributed by atoms with Crippen molar-refractivity contribution in [1.82, 2.24) is 16.0 Å². The first-order valence-corrected chi connectivity index (χ1v) is 19.1. The van der Waals surface area contributed by atoms with Crippen molar-refractivity contribution in [3.63, 3.8) is 0 Å². The molecule has 0 aliphatic heterocycles. The minimum Gasteiger partial charge on any atom is -0.379 e. The van der Waals surface area contributed by atoms with E-state index in [1.165, 1.54) is 0 Å². The maximum atomic E-state index is 12.2. The number of unbranched alkanes of at least 4 members (excludes halogenated alkanes) is 1. The first kappa shape index (κ1) is 51.6. The Labute approximate surface area is 318 Å². The second-order valence-corrected chi connectivity index (χ2v) is 11.6. The predicted octanol–water partition coefficient (Wildman–Crippen LogP) is 0.259. The number of ketones is 1. The van der Waals surface area contributed by atoms with E-state index in [1.54, 1.807) is 14.0 Å².